The number of piperidine rings is 1. The largest absolute Gasteiger partial charge is 0.492 e. The van der Waals surface area contributed by atoms with Gasteiger partial charge in [0.05, 0.1) is 6.54 Å². The molecule has 2 saturated heterocycles. The van der Waals surface area contributed by atoms with E-state index in [-0.39, 0.29) is 19.1 Å². The van der Waals surface area contributed by atoms with Gasteiger partial charge in [-0.15, -0.1) is 0 Å². The van der Waals surface area contributed by atoms with E-state index in [0.29, 0.717) is 42.7 Å². The minimum absolute atomic E-state index is 0.0696. The lowest BCUT2D eigenvalue weighted by Gasteiger charge is -2.39. The zero-order valence-corrected chi connectivity index (χ0v) is 20.5. The van der Waals surface area contributed by atoms with E-state index < -0.39 is 15.3 Å². The number of carbonyl (C=O) groups is 1. The maximum atomic E-state index is 13.3. The number of hydrogen-bond acceptors (Lipinski definition) is 6. The molecule has 5 rings (SSSR count). The predicted molar refractivity (Wildman–Crippen MR) is 131 cm³/mol. The van der Waals surface area contributed by atoms with Crippen molar-refractivity contribution in [1.82, 2.24) is 14.2 Å². The van der Waals surface area contributed by atoms with Gasteiger partial charge in [0.25, 0.3) is 0 Å². The van der Waals surface area contributed by atoms with Crippen LogP contribution >= 0.6 is 11.6 Å². The summed E-state index contributed by atoms with van der Waals surface area (Å²) in [6.45, 7) is 3.33. The molecule has 1 unspecified atom stereocenters. The Bertz CT molecular complexity index is 1140. The van der Waals surface area contributed by atoms with Gasteiger partial charge in [-0.1, -0.05) is 17.7 Å². The SMILES string of the molecule is O=C1CN(S(=O)(=O)C2COc3cc(Cl)ccc3C2)CCN1CC1CCN(c2ccncc2)CC1. The van der Waals surface area contributed by atoms with E-state index in [9.17, 15) is 13.2 Å². The summed E-state index contributed by atoms with van der Waals surface area (Å²) in [5.41, 5.74) is 2.01. The molecule has 0 bridgehead atoms. The summed E-state index contributed by atoms with van der Waals surface area (Å²) in [6.07, 6.45) is 6.00. The van der Waals surface area contributed by atoms with Crippen molar-refractivity contribution >= 4 is 33.2 Å². The number of nitrogens with zero attached hydrogens (tertiary/aromatic N) is 4. The van der Waals surface area contributed by atoms with E-state index >= 15 is 0 Å². The van der Waals surface area contributed by atoms with Crippen molar-refractivity contribution in [2.45, 2.75) is 24.5 Å². The molecular formula is C24H29ClN4O4S. The zero-order valence-electron chi connectivity index (χ0n) is 19.0. The fourth-order valence-electron chi connectivity index (χ4n) is 5.06. The quantitative estimate of drug-likeness (QED) is 0.622. The van der Waals surface area contributed by atoms with Crippen LogP contribution in [0.5, 0.6) is 5.75 Å². The smallest absolute Gasteiger partial charge is 0.237 e. The standard InChI is InChI=1S/C24H29ClN4O4S/c25-20-2-1-19-13-22(17-33-23(19)14-20)34(31,32)29-12-11-28(24(30)16-29)15-18-5-9-27(10-6-18)21-3-7-26-8-4-21/h1-4,7-8,14,18,22H,5-6,9-13,15-17H2. The molecule has 2 aromatic rings. The molecule has 1 atom stereocenters. The van der Waals surface area contributed by atoms with Crippen LogP contribution in [-0.4, -0.2) is 79.6 Å². The number of aromatic nitrogens is 1. The third-order valence-electron chi connectivity index (χ3n) is 7.09. The highest BCUT2D eigenvalue weighted by Crippen LogP contribution is 2.31. The van der Waals surface area contributed by atoms with Gasteiger partial charge < -0.3 is 14.5 Å². The minimum Gasteiger partial charge on any atom is -0.492 e. The van der Waals surface area contributed by atoms with Crippen LogP contribution in [0.4, 0.5) is 5.69 Å². The van der Waals surface area contributed by atoms with Crippen LogP contribution in [-0.2, 0) is 21.2 Å². The Kier molecular flexibility index (Phi) is 6.68. The van der Waals surface area contributed by atoms with Gasteiger partial charge in [-0.05, 0) is 55.0 Å². The van der Waals surface area contributed by atoms with Crippen LogP contribution in [0, 0.1) is 5.92 Å². The first-order valence-electron chi connectivity index (χ1n) is 11.7. The van der Waals surface area contributed by atoms with E-state index in [1.807, 2.05) is 23.1 Å². The second-order valence-corrected chi connectivity index (χ2v) is 11.9. The number of amides is 1. The normalized spacial score (nSPS) is 22.4. The highest BCUT2D eigenvalue weighted by Gasteiger charge is 2.39. The van der Waals surface area contributed by atoms with Crippen LogP contribution < -0.4 is 9.64 Å². The third kappa shape index (κ3) is 4.87. The van der Waals surface area contributed by atoms with Crippen molar-refractivity contribution in [2.75, 3.05) is 50.8 Å². The molecule has 3 aliphatic rings. The first-order valence-corrected chi connectivity index (χ1v) is 13.6. The second-order valence-electron chi connectivity index (χ2n) is 9.24. The van der Waals surface area contributed by atoms with Gasteiger partial charge in [0.2, 0.25) is 15.9 Å². The molecule has 3 aliphatic heterocycles. The van der Waals surface area contributed by atoms with Crippen LogP contribution in [0.15, 0.2) is 42.7 Å². The zero-order chi connectivity index (χ0) is 23.7. The number of benzene rings is 1. The lowest BCUT2D eigenvalue weighted by molar-refractivity contribution is -0.134. The number of halogens is 1. The highest BCUT2D eigenvalue weighted by molar-refractivity contribution is 7.89. The summed E-state index contributed by atoms with van der Waals surface area (Å²) >= 11 is 6.01. The van der Waals surface area contributed by atoms with E-state index in [1.54, 1.807) is 24.5 Å². The van der Waals surface area contributed by atoms with Crippen LogP contribution in [0.3, 0.4) is 0 Å². The monoisotopic (exact) mass is 504 g/mol. The Morgan fingerprint density at radius 2 is 1.82 bits per heavy atom. The number of ether oxygens (including phenoxy) is 1. The minimum atomic E-state index is -3.65. The number of rotatable bonds is 5. The number of anilines is 1. The summed E-state index contributed by atoms with van der Waals surface area (Å²) in [6, 6.07) is 9.30. The average molecular weight is 505 g/mol. The molecule has 34 heavy (non-hydrogen) atoms. The van der Waals surface area contributed by atoms with Gasteiger partial charge in [0, 0.05) is 55.8 Å². The lowest BCUT2D eigenvalue weighted by Crippen LogP contribution is -2.56. The molecule has 0 spiro atoms. The molecule has 10 heteroatoms. The van der Waals surface area contributed by atoms with Crippen molar-refractivity contribution < 1.29 is 17.9 Å². The van der Waals surface area contributed by atoms with Gasteiger partial charge >= 0.3 is 0 Å². The number of pyridine rings is 1. The van der Waals surface area contributed by atoms with Gasteiger partial charge in [-0.25, -0.2) is 8.42 Å². The molecule has 0 aliphatic carbocycles. The summed E-state index contributed by atoms with van der Waals surface area (Å²) in [7, 11) is -3.65. The number of carbonyl (C=O) groups excluding carboxylic acids is 1. The summed E-state index contributed by atoms with van der Waals surface area (Å²) < 4.78 is 33.6. The molecule has 1 aromatic heterocycles. The Morgan fingerprint density at radius 1 is 1.06 bits per heavy atom. The predicted octanol–water partition coefficient (Wildman–Crippen LogP) is 2.43. The van der Waals surface area contributed by atoms with Crippen LogP contribution in [0.1, 0.15) is 18.4 Å². The third-order valence-corrected chi connectivity index (χ3v) is 9.50. The Morgan fingerprint density at radius 3 is 2.56 bits per heavy atom. The first-order chi connectivity index (χ1) is 16.4. The molecule has 1 aromatic carbocycles. The van der Waals surface area contributed by atoms with Crippen molar-refractivity contribution in [3.05, 3.63) is 53.3 Å². The second kappa shape index (κ2) is 9.71. The van der Waals surface area contributed by atoms with Crippen LogP contribution in [0.25, 0.3) is 0 Å². The van der Waals surface area contributed by atoms with E-state index in [1.165, 1.54) is 9.99 Å². The number of sulfonamides is 1. The Balaban J connectivity index is 1.14. The fraction of sp³-hybridized carbons (Fsp3) is 0.500. The average Bonchev–Trinajstić information content (AvgIpc) is 2.86. The molecule has 0 N–H and O–H groups in total. The molecule has 182 valence electrons. The molecule has 0 saturated carbocycles. The summed E-state index contributed by atoms with van der Waals surface area (Å²) in [5, 5.41) is -0.136. The molecular weight excluding hydrogens is 476 g/mol. The number of piperazine rings is 1. The summed E-state index contributed by atoms with van der Waals surface area (Å²) in [5.74, 6) is 0.949. The first kappa shape index (κ1) is 23.4. The van der Waals surface area contributed by atoms with Crippen molar-refractivity contribution in [3.8, 4) is 5.75 Å². The molecule has 2 fully saturated rings. The van der Waals surface area contributed by atoms with Gasteiger partial charge in [0.15, 0.2) is 0 Å². The van der Waals surface area contributed by atoms with Gasteiger partial charge in [-0.3, -0.25) is 9.78 Å². The molecule has 0 radical (unpaired) electrons. The fourth-order valence-corrected chi connectivity index (χ4v) is 6.90. The maximum Gasteiger partial charge on any atom is 0.237 e. The number of fused-ring (bicyclic) bond motifs is 1. The lowest BCUT2D eigenvalue weighted by atomic mass is 9.95. The Labute approximate surface area is 205 Å². The van der Waals surface area contributed by atoms with Crippen molar-refractivity contribution in [2.24, 2.45) is 5.92 Å². The Hall–Kier alpha value is -2.36. The maximum absolute atomic E-state index is 13.3. The van der Waals surface area contributed by atoms with Crippen LogP contribution in [0.2, 0.25) is 5.02 Å². The van der Waals surface area contributed by atoms with Gasteiger partial charge in [-0.2, -0.15) is 4.31 Å². The topological polar surface area (TPSA) is 83.0 Å². The molecule has 4 heterocycles. The van der Waals surface area contributed by atoms with Crippen molar-refractivity contribution in [3.63, 3.8) is 0 Å². The van der Waals surface area contributed by atoms with E-state index in [2.05, 4.69) is 9.88 Å². The van der Waals surface area contributed by atoms with Crippen molar-refractivity contribution in [1.29, 1.82) is 0 Å². The number of hydrogen-bond donors (Lipinski definition) is 0. The van der Waals surface area contributed by atoms with E-state index in [0.717, 1.165) is 31.5 Å². The summed E-state index contributed by atoms with van der Waals surface area (Å²) in [4.78, 5) is 21.2. The van der Waals surface area contributed by atoms with Gasteiger partial charge in [0.1, 0.15) is 17.6 Å². The van der Waals surface area contributed by atoms with E-state index in [4.69, 9.17) is 16.3 Å². The highest BCUT2D eigenvalue weighted by atomic mass is 35.5. The molecule has 8 nitrogen and oxygen atoms in total. The molecule has 1 amide bonds.